The van der Waals surface area contributed by atoms with Gasteiger partial charge in [0.05, 0.1) is 13.2 Å². The van der Waals surface area contributed by atoms with Crippen LogP contribution in [0.5, 0.6) is 0 Å². The normalized spacial score (nSPS) is 20.1. The van der Waals surface area contributed by atoms with Gasteiger partial charge in [-0.1, -0.05) is 12.8 Å². The van der Waals surface area contributed by atoms with Crippen molar-refractivity contribution >= 4 is 5.91 Å². The van der Waals surface area contributed by atoms with E-state index in [0.717, 1.165) is 13.1 Å². The Labute approximate surface area is 98.3 Å². The average Bonchev–Trinajstić information content (AvgIpc) is 2.46. The molecule has 1 aliphatic rings. The van der Waals surface area contributed by atoms with Crippen molar-refractivity contribution in [2.75, 3.05) is 33.4 Å². The number of carbonyl (C=O) groups is 1. The van der Waals surface area contributed by atoms with E-state index in [2.05, 4.69) is 10.2 Å². The fourth-order valence-corrected chi connectivity index (χ4v) is 2.11. The summed E-state index contributed by atoms with van der Waals surface area (Å²) in [5.74, 6) is 0.117. The van der Waals surface area contributed by atoms with Crippen LogP contribution in [-0.4, -0.2) is 50.2 Å². The van der Waals surface area contributed by atoms with Gasteiger partial charge in [-0.25, -0.2) is 0 Å². The van der Waals surface area contributed by atoms with Crippen LogP contribution in [0.4, 0.5) is 0 Å². The van der Waals surface area contributed by atoms with Crippen LogP contribution in [0, 0.1) is 0 Å². The van der Waals surface area contributed by atoms with Crippen molar-refractivity contribution in [2.24, 2.45) is 0 Å². The summed E-state index contributed by atoms with van der Waals surface area (Å²) in [6, 6.07) is 0.101. The molecule has 1 amide bonds. The van der Waals surface area contributed by atoms with E-state index < -0.39 is 0 Å². The van der Waals surface area contributed by atoms with Crippen molar-refractivity contribution < 1.29 is 9.53 Å². The van der Waals surface area contributed by atoms with Crippen LogP contribution >= 0.6 is 0 Å². The maximum absolute atomic E-state index is 11.7. The Morgan fingerprint density at radius 1 is 1.31 bits per heavy atom. The third kappa shape index (κ3) is 5.47. The molecule has 0 bridgehead atoms. The SMILES string of the molecule is COCC(C)NC(=O)CN1CCCCCC1. The molecule has 0 aliphatic carbocycles. The summed E-state index contributed by atoms with van der Waals surface area (Å²) >= 11 is 0. The molecule has 0 aromatic carbocycles. The third-order valence-electron chi connectivity index (χ3n) is 2.89. The minimum Gasteiger partial charge on any atom is -0.383 e. The summed E-state index contributed by atoms with van der Waals surface area (Å²) in [5, 5.41) is 2.94. The van der Waals surface area contributed by atoms with Gasteiger partial charge in [-0.15, -0.1) is 0 Å². The van der Waals surface area contributed by atoms with E-state index in [-0.39, 0.29) is 11.9 Å². The molecule has 1 unspecified atom stereocenters. The highest BCUT2D eigenvalue weighted by Crippen LogP contribution is 2.08. The van der Waals surface area contributed by atoms with Crippen LogP contribution in [0.3, 0.4) is 0 Å². The van der Waals surface area contributed by atoms with Gasteiger partial charge in [0.25, 0.3) is 0 Å². The van der Waals surface area contributed by atoms with Crippen LogP contribution in [-0.2, 0) is 9.53 Å². The van der Waals surface area contributed by atoms with Gasteiger partial charge in [-0.3, -0.25) is 9.69 Å². The number of carbonyl (C=O) groups excluding carboxylic acids is 1. The molecule has 1 aliphatic heterocycles. The van der Waals surface area contributed by atoms with Crippen LogP contribution in [0.15, 0.2) is 0 Å². The summed E-state index contributed by atoms with van der Waals surface area (Å²) < 4.78 is 4.99. The first kappa shape index (κ1) is 13.5. The van der Waals surface area contributed by atoms with E-state index in [0.29, 0.717) is 13.2 Å². The minimum absolute atomic E-state index is 0.101. The summed E-state index contributed by atoms with van der Waals surface area (Å²) in [6.07, 6.45) is 5.05. The molecule has 1 heterocycles. The lowest BCUT2D eigenvalue weighted by atomic mass is 10.2. The second-order valence-electron chi connectivity index (χ2n) is 4.61. The highest BCUT2D eigenvalue weighted by molar-refractivity contribution is 5.78. The molecule has 1 saturated heterocycles. The van der Waals surface area contributed by atoms with Gasteiger partial charge in [0.2, 0.25) is 5.91 Å². The Morgan fingerprint density at radius 3 is 2.50 bits per heavy atom. The number of nitrogens with zero attached hydrogens (tertiary/aromatic N) is 1. The first-order chi connectivity index (χ1) is 7.72. The average molecular weight is 228 g/mol. The van der Waals surface area contributed by atoms with Crippen LogP contribution < -0.4 is 5.32 Å². The zero-order valence-electron chi connectivity index (χ0n) is 10.5. The van der Waals surface area contributed by atoms with Crippen LogP contribution in [0.25, 0.3) is 0 Å². The van der Waals surface area contributed by atoms with Gasteiger partial charge in [-0.2, -0.15) is 0 Å². The number of hydrogen-bond donors (Lipinski definition) is 1. The minimum atomic E-state index is 0.101. The van der Waals surface area contributed by atoms with Crippen molar-refractivity contribution in [1.82, 2.24) is 10.2 Å². The highest BCUT2D eigenvalue weighted by Gasteiger charge is 2.14. The van der Waals surface area contributed by atoms with Crippen molar-refractivity contribution in [1.29, 1.82) is 0 Å². The molecular weight excluding hydrogens is 204 g/mol. The number of hydrogen-bond acceptors (Lipinski definition) is 3. The highest BCUT2D eigenvalue weighted by atomic mass is 16.5. The number of ether oxygens (including phenoxy) is 1. The van der Waals surface area contributed by atoms with E-state index in [4.69, 9.17) is 4.74 Å². The van der Waals surface area contributed by atoms with E-state index >= 15 is 0 Å². The van der Waals surface area contributed by atoms with Gasteiger partial charge in [0.15, 0.2) is 0 Å². The first-order valence-electron chi connectivity index (χ1n) is 6.23. The lowest BCUT2D eigenvalue weighted by Crippen LogP contribution is -2.42. The molecule has 1 rings (SSSR count). The largest absolute Gasteiger partial charge is 0.383 e. The second-order valence-corrected chi connectivity index (χ2v) is 4.61. The Morgan fingerprint density at radius 2 is 1.94 bits per heavy atom. The molecule has 94 valence electrons. The van der Waals surface area contributed by atoms with E-state index in [1.807, 2.05) is 6.92 Å². The quantitative estimate of drug-likeness (QED) is 0.763. The Hall–Kier alpha value is -0.610. The van der Waals surface area contributed by atoms with Crippen molar-refractivity contribution in [3.8, 4) is 0 Å². The fraction of sp³-hybridized carbons (Fsp3) is 0.917. The maximum atomic E-state index is 11.7. The van der Waals surface area contributed by atoms with Crippen molar-refractivity contribution in [3.05, 3.63) is 0 Å². The molecule has 0 radical (unpaired) electrons. The molecule has 0 aromatic heterocycles. The molecule has 1 atom stereocenters. The van der Waals surface area contributed by atoms with Gasteiger partial charge in [0, 0.05) is 13.2 Å². The molecule has 16 heavy (non-hydrogen) atoms. The van der Waals surface area contributed by atoms with E-state index in [1.165, 1.54) is 25.7 Å². The van der Waals surface area contributed by atoms with Gasteiger partial charge in [-0.05, 0) is 32.9 Å². The molecule has 0 saturated carbocycles. The molecule has 1 fully saturated rings. The van der Waals surface area contributed by atoms with Gasteiger partial charge >= 0.3 is 0 Å². The summed E-state index contributed by atoms with van der Waals surface area (Å²) in [7, 11) is 1.65. The summed E-state index contributed by atoms with van der Waals surface area (Å²) in [4.78, 5) is 14.0. The molecule has 0 aromatic rings. The molecule has 1 N–H and O–H groups in total. The molecular formula is C12H24N2O2. The van der Waals surface area contributed by atoms with Crippen LogP contribution in [0.1, 0.15) is 32.6 Å². The Balaban J connectivity index is 2.21. The summed E-state index contributed by atoms with van der Waals surface area (Å²) in [5.41, 5.74) is 0. The fourth-order valence-electron chi connectivity index (χ4n) is 2.11. The number of nitrogens with one attached hydrogen (secondary N) is 1. The Bertz CT molecular complexity index is 201. The zero-order chi connectivity index (χ0) is 11.8. The van der Waals surface area contributed by atoms with Crippen molar-refractivity contribution in [2.45, 2.75) is 38.6 Å². The Kier molecular flexibility index (Phi) is 6.42. The topological polar surface area (TPSA) is 41.6 Å². The lowest BCUT2D eigenvalue weighted by molar-refractivity contribution is -0.123. The van der Waals surface area contributed by atoms with Crippen LogP contribution in [0.2, 0.25) is 0 Å². The lowest BCUT2D eigenvalue weighted by Gasteiger charge is -2.20. The predicted molar refractivity (Wildman–Crippen MR) is 64.4 cm³/mol. The molecule has 4 nitrogen and oxygen atoms in total. The van der Waals surface area contributed by atoms with Gasteiger partial charge < -0.3 is 10.1 Å². The zero-order valence-corrected chi connectivity index (χ0v) is 10.5. The number of rotatable bonds is 5. The number of amides is 1. The second kappa shape index (κ2) is 7.63. The number of likely N-dealkylation sites (tertiary alicyclic amines) is 1. The third-order valence-corrected chi connectivity index (χ3v) is 2.89. The molecule has 0 spiro atoms. The molecule has 4 heteroatoms. The monoisotopic (exact) mass is 228 g/mol. The maximum Gasteiger partial charge on any atom is 0.234 e. The standard InChI is InChI=1S/C12H24N2O2/c1-11(10-16-2)13-12(15)9-14-7-5-3-4-6-8-14/h11H,3-10H2,1-2H3,(H,13,15). The van der Waals surface area contributed by atoms with E-state index in [9.17, 15) is 4.79 Å². The van der Waals surface area contributed by atoms with Gasteiger partial charge in [0.1, 0.15) is 0 Å². The van der Waals surface area contributed by atoms with Crippen molar-refractivity contribution in [3.63, 3.8) is 0 Å². The predicted octanol–water partition coefficient (Wildman–Crippen LogP) is 1.01. The summed E-state index contributed by atoms with van der Waals surface area (Å²) in [6.45, 7) is 5.20. The number of methoxy groups -OCH3 is 1. The smallest absolute Gasteiger partial charge is 0.234 e. The van der Waals surface area contributed by atoms with E-state index in [1.54, 1.807) is 7.11 Å². The first-order valence-corrected chi connectivity index (χ1v) is 6.23.